The molecule has 0 saturated carbocycles. The van der Waals surface area contributed by atoms with Crippen LogP contribution < -0.4 is 9.54 Å². The Kier molecular flexibility index (Phi) is 5.47. The summed E-state index contributed by atoms with van der Waals surface area (Å²) in [6.45, 7) is 0.536. The molecule has 0 N–H and O–H groups in total. The number of methoxy groups -OCH3 is 2. The first-order valence-electron chi connectivity index (χ1n) is 9.22. The Hall–Kier alpha value is -3.30. The van der Waals surface area contributed by atoms with Crippen LogP contribution >= 0.6 is 11.3 Å². The van der Waals surface area contributed by atoms with Crippen molar-refractivity contribution in [1.82, 2.24) is 9.47 Å². The van der Waals surface area contributed by atoms with Gasteiger partial charge in [-0.05, 0) is 30.3 Å². The topological polar surface area (TPSA) is 90.2 Å². The highest BCUT2D eigenvalue weighted by atomic mass is 32.1. The van der Waals surface area contributed by atoms with Crippen LogP contribution in [0.3, 0.4) is 0 Å². The van der Waals surface area contributed by atoms with E-state index in [9.17, 15) is 14.4 Å². The molecule has 1 aliphatic rings. The summed E-state index contributed by atoms with van der Waals surface area (Å²) >= 11 is 1.33. The number of imide groups is 1. The van der Waals surface area contributed by atoms with Gasteiger partial charge in [-0.1, -0.05) is 23.5 Å². The molecule has 0 fully saturated rings. The number of carbonyl (C=O) groups excluding carboxylic acids is 3. The van der Waals surface area contributed by atoms with Gasteiger partial charge < -0.3 is 14.0 Å². The van der Waals surface area contributed by atoms with Crippen molar-refractivity contribution in [2.45, 2.75) is 6.54 Å². The second-order valence-corrected chi connectivity index (χ2v) is 7.62. The lowest BCUT2D eigenvalue weighted by Gasteiger charge is -2.10. The van der Waals surface area contributed by atoms with E-state index in [1.54, 1.807) is 38.5 Å². The van der Waals surface area contributed by atoms with Crippen LogP contribution in [0.15, 0.2) is 47.5 Å². The van der Waals surface area contributed by atoms with Gasteiger partial charge >= 0.3 is 0 Å². The number of hydrogen-bond acceptors (Lipinski definition) is 6. The molecule has 0 unspecified atom stereocenters. The van der Waals surface area contributed by atoms with E-state index in [0.717, 1.165) is 15.1 Å². The van der Waals surface area contributed by atoms with Gasteiger partial charge in [-0.15, -0.1) is 0 Å². The fourth-order valence-electron chi connectivity index (χ4n) is 3.32. The van der Waals surface area contributed by atoms with Crippen LogP contribution in [0.1, 0.15) is 20.7 Å². The SMILES string of the molecule is COCCn1c(=NC(=O)CN2C(=O)c3ccccc3C2=O)sc2cc(OC)ccc21. The van der Waals surface area contributed by atoms with Gasteiger partial charge in [0.15, 0.2) is 4.80 Å². The number of hydrogen-bond donors (Lipinski definition) is 0. The first-order valence-corrected chi connectivity index (χ1v) is 10.0. The summed E-state index contributed by atoms with van der Waals surface area (Å²) in [6, 6.07) is 12.1. The summed E-state index contributed by atoms with van der Waals surface area (Å²) in [6.07, 6.45) is 0. The maximum atomic E-state index is 12.7. The Morgan fingerprint density at radius 1 is 1.07 bits per heavy atom. The minimum absolute atomic E-state index is 0.305. The monoisotopic (exact) mass is 425 g/mol. The Bertz CT molecular complexity index is 1190. The molecule has 0 saturated heterocycles. The van der Waals surface area contributed by atoms with Crippen LogP contribution in [0.5, 0.6) is 5.75 Å². The van der Waals surface area contributed by atoms with Crippen molar-refractivity contribution in [3.8, 4) is 5.75 Å². The van der Waals surface area contributed by atoms with Crippen LogP contribution in [0.2, 0.25) is 0 Å². The summed E-state index contributed by atoms with van der Waals surface area (Å²) in [5.41, 5.74) is 1.50. The van der Waals surface area contributed by atoms with Gasteiger partial charge in [0, 0.05) is 13.7 Å². The first-order chi connectivity index (χ1) is 14.5. The normalized spacial score (nSPS) is 13.9. The molecule has 1 aliphatic heterocycles. The van der Waals surface area contributed by atoms with Crippen molar-refractivity contribution in [1.29, 1.82) is 0 Å². The summed E-state index contributed by atoms with van der Waals surface area (Å²) in [4.78, 5) is 43.3. The van der Waals surface area contributed by atoms with Gasteiger partial charge in [-0.25, -0.2) is 0 Å². The third-order valence-electron chi connectivity index (χ3n) is 4.80. The summed E-state index contributed by atoms with van der Waals surface area (Å²) < 4.78 is 13.2. The molecule has 3 aromatic rings. The van der Waals surface area contributed by atoms with E-state index in [4.69, 9.17) is 9.47 Å². The number of nitrogens with zero attached hydrogens (tertiary/aromatic N) is 3. The molecule has 0 atom stereocenters. The lowest BCUT2D eigenvalue weighted by atomic mass is 10.1. The highest BCUT2D eigenvalue weighted by molar-refractivity contribution is 7.16. The average Bonchev–Trinajstić information content (AvgIpc) is 3.21. The standard InChI is InChI=1S/C21H19N3O5S/c1-28-10-9-23-16-8-7-13(29-2)11-17(16)30-21(23)22-18(25)12-24-19(26)14-5-3-4-6-15(14)20(24)27/h3-8,11H,9-10,12H2,1-2H3. The number of rotatable bonds is 6. The van der Waals surface area contributed by atoms with Crippen molar-refractivity contribution in [2.24, 2.45) is 4.99 Å². The van der Waals surface area contributed by atoms with E-state index in [1.165, 1.54) is 11.3 Å². The average molecular weight is 425 g/mol. The van der Waals surface area contributed by atoms with E-state index in [2.05, 4.69) is 4.99 Å². The predicted molar refractivity (Wildman–Crippen MR) is 111 cm³/mol. The van der Waals surface area contributed by atoms with Gasteiger partial charge in [-0.3, -0.25) is 19.3 Å². The lowest BCUT2D eigenvalue weighted by Crippen LogP contribution is -2.35. The van der Waals surface area contributed by atoms with Gasteiger partial charge in [0.2, 0.25) is 0 Å². The fourth-order valence-corrected chi connectivity index (χ4v) is 4.43. The second-order valence-electron chi connectivity index (χ2n) is 6.61. The number of carbonyl (C=O) groups is 3. The third-order valence-corrected chi connectivity index (χ3v) is 5.84. The summed E-state index contributed by atoms with van der Waals surface area (Å²) in [5.74, 6) is -0.833. The Balaban J connectivity index is 1.66. The molecule has 8 nitrogen and oxygen atoms in total. The van der Waals surface area contributed by atoms with Crippen LogP contribution in [0.25, 0.3) is 10.2 Å². The maximum absolute atomic E-state index is 12.7. The van der Waals surface area contributed by atoms with Crippen molar-refractivity contribution in [2.75, 3.05) is 27.4 Å². The molecular formula is C21H19N3O5S. The van der Waals surface area contributed by atoms with Gasteiger partial charge in [0.05, 0.1) is 35.1 Å². The Morgan fingerprint density at radius 3 is 2.40 bits per heavy atom. The highest BCUT2D eigenvalue weighted by Gasteiger charge is 2.36. The summed E-state index contributed by atoms with van der Waals surface area (Å²) in [7, 11) is 3.19. The number of benzene rings is 2. The fraction of sp³-hybridized carbons (Fsp3) is 0.238. The third kappa shape index (κ3) is 3.53. The molecule has 2 aromatic carbocycles. The molecule has 154 valence electrons. The van der Waals surface area contributed by atoms with E-state index < -0.39 is 24.3 Å². The van der Waals surface area contributed by atoms with E-state index in [-0.39, 0.29) is 0 Å². The van der Waals surface area contributed by atoms with Crippen molar-refractivity contribution < 1.29 is 23.9 Å². The molecule has 30 heavy (non-hydrogen) atoms. The Morgan fingerprint density at radius 2 is 1.77 bits per heavy atom. The van der Waals surface area contributed by atoms with Crippen LogP contribution in [-0.4, -0.2) is 54.6 Å². The first kappa shape index (κ1) is 20.0. The zero-order valence-corrected chi connectivity index (χ0v) is 17.3. The lowest BCUT2D eigenvalue weighted by molar-refractivity contribution is -0.118. The van der Waals surface area contributed by atoms with E-state index in [0.29, 0.717) is 34.8 Å². The van der Waals surface area contributed by atoms with Gasteiger partial charge in [-0.2, -0.15) is 4.99 Å². The van der Waals surface area contributed by atoms with E-state index >= 15 is 0 Å². The number of amides is 3. The maximum Gasteiger partial charge on any atom is 0.268 e. The molecule has 1 aromatic heterocycles. The molecule has 3 amide bonds. The number of fused-ring (bicyclic) bond motifs is 2. The smallest absolute Gasteiger partial charge is 0.268 e. The van der Waals surface area contributed by atoms with E-state index in [1.807, 2.05) is 22.8 Å². The molecule has 0 radical (unpaired) electrons. The molecule has 0 bridgehead atoms. The predicted octanol–water partition coefficient (Wildman–Crippen LogP) is 2.08. The zero-order chi connectivity index (χ0) is 21.3. The second kappa shape index (κ2) is 8.21. The molecule has 0 spiro atoms. The van der Waals surface area contributed by atoms with Crippen LogP contribution in [-0.2, 0) is 16.1 Å². The number of thiazole rings is 1. The number of aromatic nitrogens is 1. The molecule has 2 heterocycles. The quantitative estimate of drug-likeness (QED) is 0.564. The van der Waals surface area contributed by atoms with Crippen LogP contribution in [0, 0.1) is 0 Å². The van der Waals surface area contributed by atoms with Gasteiger partial charge in [0.25, 0.3) is 17.7 Å². The number of ether oxygens (including phenoxy) is 2. The molecule has 9 heteroatoms. The largest absolute Gasteiger partial charge is 0.497 e. The zero-order valence-electron chi connectivity index (χ0n) is 16.5. The van der Waals surface area contributed by atoms with Gasteiger partial charge in [0.1, 0.15) is 12.3 Å². The minimum atomic E-state index is -0.575. The van der Waals surface area contributed by atoms with Crippen molar-refractivity contribution >= 4 is 39.3 Å². The highest BCUT2D eigenvalue weighted by Crippen LogP contribution is 2.24. The molecule has 0 aliphatic carbocycles. The van der Waals surface area contributed by atoms with Crippen molar-refractivity contribution in [3.05, 3.63) is 58.4 Å². The minimum Gasteiger partial charge on any atom is -0.497 e. The van der Waals surface area contributed by atoms with Crippen molar-refractivity contribution in [3.63, 3.8) is 0 Å². The molecule has 4 rings (SSSR count). The molecular weight excluding hydrogens is 406 g/mol. The Labute approximate surface area is 176 Å². The summed E-state index contributed by atoms with van der Waals surface area (Å²) in [5, 5.41) is 0. The van der Waals surface area contributed by atoms with Crippen LogP contribution in [0.4, 0.5) is 0 Å².